The van der Waals surface area contributed by atoms with Crippen molar-refractivity contribution in [2.75, 3.05) is 7.11 Å². The highest BCUT2D eigenvalue weighted by Crippen LogP contribution is 2.32. The van der Waals surface area contributed by atoms with Gasteiger partial charge in [0, 0.05) is 23.7 Å². The molecule has 0 aliphatic carbocycles. The van der Waals surface area contributed by atoms with E-state index < -0.39 is 11.5 Å². The zero-order chi connectivity index (χ0) is 14.2. The van der Waals surface area contributed by atoms with Crippen molar-refractivity contribution in [2.24, 2.45) is 0 Å². The number of rotatable bonds is 3. The summed E-state index contributed by atoms with van der Waals surface area (Å²) in [6.07, 6.45) is 3.01. The molecule has 5 heteroatoms. The highest BCUT2D eigenvalue weighted by molar-refractivity contribution is 5.93. The maximum atomic E-state index is 12.1. The summed E-state index contributed by atoms with van der Waals surface area (Å²) >= 11 is 0. The molecule has 1 aromatic heterocycles. The van der Waals surface area contributed by atoms with Crippen molar-refractivity contribution in [3.05, 3.63) is 39.8 Å². The summed E-state index contributed by atoms with van der Waals surface area (Å²) < 4.78 is 6.25. The van der Waals surface area contributed by atoms with Gasteiger partial charge in [-0.25, -0.2) is 4.79 Å². The van der Waals surface area contributed by atoms with Crippen molar-refractivity contribution in [2.45, 2.75) is 32.2 Å². The number of fused-ring (bicyclic) bond motifs is 1. The minimum atomic E-state index is -0.523. The lowest BCUT2D eigenvalue weighted by atomic mass is 9.93. The van der Waals surface area contributed by atoms with Gasteiger partial charge in [0.2, 0.25) is 0 Å². The molecule has 0 saturated heterocycles. The fourth-order valence-electron chi connectivity index (χ4n) is 2.57. The molecular formula is C14H17NO4. The molecule has 5 nitrogen and oxygen atoms in total. The number of esters is 1. The third-order valence-corrected chi connectivity index (χ3v) is 3.58. The Hall–Kier alpha value is -2.04. The maximum Gasteiger partial charge on any atom is 0.340 e. The van der Waals surface area contributed by atoms with Gasteiger partial charge in [-0.1, -0.05) is 13.0 Å². The van der Waals surface area contributed by atoms with Crippen LogP contribution in [0.1, 0.15) is 40.9 Å². The van der Waals surface area contributed by atoms with Gasteiger partial charge >= 0.3 is 5.97 Å². The molecule has 1 atom stereocenters. The van der Waals surface area contributed by atoms with E-state index in [0.717, 1.165) is 6.42 Å². The van der Waals surface area contributed by atoms with Crippen LogP contribution in [-0.2, 0) is 17.7 Å². The average Bonchev–Trinajstić information content (AvgIpc) is 2.90. The van der Waals surface area contributed by atoms with Gasteiger partial charge in [0.25, 0.3) is 5.56 Å². The standard InChI is InChI=1S/C14H17NO4/c1-4-8(2)10-11(14(18)19-3)9-6-5-7-15(9)13(17)12(10)16/h4,8,16H,1,5-7H2,2-3H3. The summed E-state index contributed by atoms with van der Waals surface area (Å²) in [7, 11) is 1.29. The van der Waals surface area contributed by atoms with Crippen LogP contribution < -0.4 is 5.56 Å². The van der Waals surface area contributed by atoms with E-state index in [4.69, 9.17) is 4.74 Å². The van der Waals surface area contributed by atoms with Crippen LogP contribution in [0.3, 0.4) is 0 Å². The van der Waals surface area contributed by atoms with Crippen molar-refractivity contribution in [1.82, 2.24) is 4.57 Å². The SMILES string of the molecule is C=CC(C)c1c(C(=O)OC)c2n(c(=O)c1O)CCC2. The van der Waals surface area contributed by atoms with Crippen LogP contribution in [0.25, 0.3) is 0 Å². The average molecular weight is 263 g/mol. The molecule has 1 N–H and O–H groups in total. The topological polar surface area (TPSA) is 68.5 Å². The Morgan fingerprint density at radius 1 is 1.58 bits per heavy atom. The summed E-state index contributed by atoms with van der Waals surface area (Å²) in [6.45, 7) is 5.96. The van der Waals surface area contributed by atoms with Crippen LogP contribution in [0.15, 0.2) is 17.4 Å². The molecule has 0 saturated carbocycles. The predicted octanol–water partition coefficient (Wildman–Crippen LogP) is 1.58. The monoisotopic (exact) mass is 263 g/mol. The number of nitrogens with zero attached hydrogens (tertiary/aromatic N) is 1. The maximum absolute atomic E-state index is 12.1. The lowest BCUT2D eigenvalue weighted by Gasteiger charge is -2.18. The van der Waals surface area contributed by atoms with Crippen molar-refractivity contribution in [3.8, 4) is 5.75 Å². The largest absolute Gasteiger partial charge is 0.503 e. The van der Waals surface area contributed by atoms with Crippen molar-refractivity contribution >= 4 is 5.97 Å². The molecule has 0 spiro atoms. The fraction of sp³-hybridized carbons (Fsp3) is 0.429. The van der Waals surface area contributed by atoms with Gasteiger partial charge in [0.05, 0.1) is 12.7 Å². The van der Waals surface area contributed by atoms with Crippen LogP contribution >= 0.6 is 0 Å². The van der Waals surface area contributed by atoms with Crippen LogP contribution in [0, 0.1) is 0 Å². The van der Waals surface area contributed by atoms with Gasteiger partial charge < -0.3 is 14.4 Å². The van der Waals surface area contributed by atoms with Gasteiger partial charge in [-0.3, -0.25) is 4.79 Å². The minimum absolute atomic E-state index is 0.298. The quantitative estimate of drug-likeness (QED) is 0.664. The fourth-order valence-corrected chi connectivity index (χ4v) is 2.57. The number of hydrogen-bond acceptors (Lipinski definition) is 4. The molecule has 0 bridgehead atoms. The smallest absolute Gasteiger partial charge is 0.340 e. The molecular weight excluding hydrogens is 246 g/mol. The van der Waals surface area contributed by atoms with Crippen molar-refractivity contribution < 1.29 is 14.6 Å². The number of pyridine rings is 1. The van der Waals surface area contributed by atoms with Gasteiger partial charge in [-0.2, -0.15) is 0 Å². The Morgan fingerprint density at radius 3 is 2.84 bits per heavy atom. The minimum Gasteiger partial charge on any atom is -0.503 e. The van der Waals surface area contributed by atoms with E-state index in [1.54, 1.807) is 13.0 Å². The second-order valence-corrected chi connectivity index (χ2v) is 4.66. The Morgan fingerprint density at radius 2 is 2.26 bits per heavy atom. The molecule has 19 heavy (non-hydrogen) atoms. The highest BCUT2D eigenvalue weighted by atomic mass is 16.5. The van der Waals surface area contributed by atoms with E-state index in [2.05, 4.69) is 6.58 Å². The molecule has 0 radical (unpaired) electrons. The van der Waals surface area contributed by atoms with Gasteiger partial charge in [0.15, 0.2) is 5.75 Å². The first-order valence-corrected chi connectivity index (χ1v) is 6.22. The van der Waals surface area contributed by atoms with Crippen LogP contribution in [0.4, 0.5) is 0 Å². The number of methoxy groups -OCH3 is 1. The Bertz CT molecular complexity index is 600. The Labute approximate surface area is 111 Å². The van der Waals surface area contributed by atoms with Crippen LogP contribution in [0.5, 0.6) is 5.75 Å². The first-order valence-electron chi connectivity index (χ1n) is 6.22. The highest BCUT2D eigenvalue weighted by Gasteiger charge is 2.30. The zero-order valence-electron chi connectivity index (χ0n) is 11.1. The van der Waals surface area contributed by atoms with E-state index in [1.807, 2.05) is 0 Å². The van der Waals surface area contributed by atoms with Gasteiger partial charge in [-0.05, 0) is 12.8 Å². The third kappa shape index (κ3) is 1.95. The van der Waals surface area contributed by atoms with E-state index in [1.165, 1.54) is 11.7 Å². The number of carbonyl (C=O) groups is 1. The molecule has 0 amide bonds. The normalized spacial score (nSPS) is 14.8. The molecule has 1 unspecified atom stereocenters. The van der Waals surface area contributed by atoms with Crippen LogP contribution in [-0.4, -0.2) is 22.8 Å². The third-order valence-electron chi connectivity index (χ3n) is 3.58. The first kappa shape index (κ1) is 13.4. The van der Waals surface area contributed by atoms with Crippen molar-refractivity contribution in [3.63, 3.8) is 0 Å². The number of aromatic hydroxyl groups is 1. The zero-order valence-corrected chi connectivity index (χ0v) is 11.1. The lowest BCUT2D eigenvalue weighted by Crippen LogP contribution is -2.25. The lowest BCUT2D eigenvalue weighted by molar-refractivity contribution is 0.0596. The predicted molar refractivity (Wildman–Crippen MR) is 70.6 cm³/mol. The summed E-state index contributed by atoms with van der Waals surface area (Å²) in [5, 5.41) is 10.1. The molecule has 1 aromatic rings. The first-order chi connectivity index (χ1) is 9.02. The molecule has 0 fully saturated rings. The second-order valence-electron chi connectivity index (χ2n) is 4.66. The van der Waals surface area contributed by atoms with Gasteiger partial charge in [0.1, 0.15) is 0 Å². The number of allylic oxidation sites excluding steroid dienone is 1. The molecule has 102 valence electrons. The van der Waals surface area contributed by atoms with Gasteiger partial charge in [-0.15, -0.1) is 6.58 Å². The summed E-state index contributed by atoms with van der Waals surface area (Å²) in [6, 6.07) is 0. The van der Waals surface area contributed by atoms with E-state index in [-0.39, 0.29) is 11.7 Å². The molecule has 2 heterocycles. The van der Waals surface area contributed by atoms with E-state index in [0.29, 0.717) is 29.8 Å². The number of aromatic nitrogens is 1. The molecule has 1 aliphatic rings. The Kier molecular flexibility index (Phi) is 3.46. The molecule has 1 aliphatic heterocycles. The molecule has 0 aromatic carbocycles. The van der Waals surface area contributed by atoms with E-state index in [9.17, 15) is 14.7 Å². The summed E-state index contributed by atoms with van der Waals surface area (Å²) in [5.41, 5.74) is 0.840. The van der Waals surface area contributed by atoms with E-state index >= 15 is 0 Å². The summed E-state index contributed by atoms with van der Waals surface area (Å²) in [5.74, 6) is -1.20. The summed E-state index contributed by atoms with van der Waals surface area (Å²) in [4.78, 5) is 24.1. The van der Waals surface area contributed by atoms with Crippen molar-refractivity contribution in [1.29, 1.82) is 0 Å². The Balaban J connectivity index is 2.85. The second kappa shape index (κ2) is 4.91. The number of hydrogen-bond donors (Lipinski definition) is 1. The molecule has 2 rings (SSSR count). The number of carbonyl (C=O) groups excluding carboxylic acids is 1. The number of ether oxygens (including phenoxy) is 1. The van der Waals surface area contributed by atoms with Crippen LogP contribution in [0.2, 0.25) is 0 Å².